The van der Waals surface area contributed by atoms with E-state index >= 15 is 0 Å². The molecule has 1 aromatic carbocycles. The van der Waals surface area contributed by atoms with Crippen molar-refractivity contribution < 1.29 is 9.53 Å². The van der Waals surface area contributed by atoms with Crippen molar-refractivity contribution in [2.45, 2.75) is 69.5 Å². The number of benzene rings is 1. The van der Waals surface area contributed by atoms with Gasteiger partial charge in [-0.3, -0.25) is 14.4 Å². The molecule has 0 radical (unpaired) electrons. The second-order valence-electron chi connectivity index (χ2n) is 11.0. The Balaban J connectivity index is 1.16. The molecule has 4 aliphatic rings. The smallest absolute Gasteiger partial charge is 0.274 e. The van der Waals surface area contributed by atoms with Crippen molar-refractivity contribution in [1.82, 2.24) is 24.9 Å². The minimum Gasteiger partial charge on any atom is -0.379 e. The predicted octanol–water partition coefficient (Wildman–Crippen LogP) is 2.71. The zero-order valence-corrected chi connectivity index (χ0v) is 21.1. The Labute approximate surface area is 208 Å². The molecule has 1 saturated heterocycles. The van der Waals surface area contributed by atoms with Gasteiger partial charge in [-0.1, -0.05) is 37.1 Å². The maximum atomic E-state index is 13.6. The number of hydrogen-bond donors (Lipinski definition) is 1. The number of aromatic nitrogens is 2. The number of ether oxygens (including phenoxy) is 1. The van der Waals surface area contributed by atoms with Crippen molar-refractivity contribution in [3.8, 4) is 0 Å². The van der Waals surface area contributed by atoms with Gasteiger partial charge >= 0.3 is 0 Å². The van der Waals surface area contributed by atoms with Gasteiger partial charge in [-0.15, -0.1) is 0 Å². The van der Waals surface area contributed by atoms with Gasteiger partial charge in [0.15, 0.2) is 5.69 Å². The van der Waals surface area contributed by atoms with Gasteiger partial charge in [-0.05, 0) is 49.7 Å². The van der Waals surface area contributed by atoms with E-state index < -0.39 is 0 Å². The monoisotopic (exact) mass is 477 g/mol. The summed E-state index contributed by atoms with van der Waals surface area (Å²) in [5.74, 6) is 0.0950. The van der Waals surface area contributed by atoms with Crippen molar-refractivity contribution in [2.24, 2.45) is 7.05 Å². The second kappa shape index (κ2) is 9.68. The normalized spacial score (nSPS) is 24.3. The fraction of sp³-hybridized carbons (Fsp3) is 0.643. The van der Waals surface area contributed by atoms with E-state index in [1.54, 1.807) is 0 Å². The zero-order valence-electron chi connectivity index (χ0n) is 21.1. The van der Waals surface area contributed by atoms with Crippen molar-refractivity contribution in [3.05, 3.63) is 52.3 Å². The summed E-state index contributed by atoms with van der Waals surface area (Å²) < 4.78 is 7.60. The molecule has 188 valence electrons. The first-order valence-corrected chi connectivity index (χ1v) is 13.6. The summed E-state index contributed by atoms with van der Waals surface area (Å²) >= 11 is 0. The molecule has 7 heteroatoms. The standard InChI is InChI=1S/C28H39N5O2/c1-31-25-9-8-23(29-20-28(11-4-5-12-28)33-14-16-35-17-15-33)18-24(25)26(30-31)27(34)32-13-10-21-6-2-3-7-22(21)19-32/h2-3,6-7,23,29H,4-5,8-20H2,1H3/t23-/m1/s1. The highest BCUT2D eigenvalue weighted by Gasteiger charge is 2.41. The number of hydrogen-bond acceptors (Lipinski definition) is 5. The number of fused-ring (bicyclic) bond motifs is 2. The molecular weight excluding hydrogens is 438 g/mol. The van der Waals surface area contributed by atoms with Gasteiger partial charge in [-0.2, -0.15) is 5.10 Å². The number of carbonyl (C=O) groups is 1. The molecule has 35 heavy (non-hydrogen) atoms. The fourth-order valence-electron chi connectivity index (χ4n) is 6.96. The van der Waals surface area contributed by atoms with Gasteiger partial charge < -0.3 is 15.0 Å². The molecule has 7 nitrogen and oxygen atoms in total. The number of amides is 1. The Hall–Kier alpha value is -2.22. The van der Waals surface area contributed by atoms with Crippen LogP contribution in [0.3, 0.4) is 0 Å². The number of aryl methyl sites for hydroxylation is 1. The topological polar surface area (TPSA) is 62.6 Å². The first kappa shape index (κ1) is 23.2. The van der Waals surface area contributed by atoms with Crippen molar-refractivity contribution >= 4 is 5.91 Å². The summed E-state index contributed by atoms with van der Waals surface area (Å²) in [6.07, 6.45) is 9.13. The highest BCUT2D eigenvalue weighted by Crippen LogP contribution is 2.36. The van der Waals surface area contributed by atoms with Crippen LogP contribution in [0.2, 0.25) is 0 Å². The third-order valence-corrected chi connectivity index (χ3v) is 9.01. The van der Waals surface area contributed by atoms with Gasteiger partial charge in [0, 0.05) is 62.6 Å². The van der Waals surface area contributed by atoms with Crippen LogP contribution in [0.4, 0.5) is 0 Å². The molecule has 1 aromatic heterocycles. The Bertz CT molecular complexity index is 1070. The lowest BCUT2D eigenvalue weighted by molar-refractivity contribution is -0.0213. The third-order valence-electron chi connectivity index (χ3n) is 9.01. The van der Waals surface area contributed by atoms with E-state index in [4.69, 9.17) is 9.84 Å². The second-order valence-corrected chi connectivity index (χ2v) is 11.0. The number of nitrogens with one attached hydrogen (secondary N) is 1. The Kier molecular flexibility index (Phi) is 6.41. The molecule has 2 aliphatic carbocycles. The van der Waals surface area contributed by atoms with Crippen molar-refractivity contribution in [2.75, 3.05) is 39.4 Å². The Morgan fingerprint density at radius 3 is 2.69 bits per heavy atom. The van der Waals surface area contributed by atoms with E-state index in [-0.39, 0.29) is 11.4 Å². The summed E-state index contributed by atoms with van der Waals surface area (Å²) in [6.45, 7) is 6.31. The van der Waals surface area contributed by atoms with E-state index in [2.05, 4.69) is 34.5 Å². The largest absolute Gasteiger partial charge is 0.379 e. The molecule has 0 spiro atoms. The molecule has 1 N–H and O–H groups in total. The van der Waals surface area contributed by atoms with E-state index in [0.29, 0.717) is 18.3 Å². The molecule has 0 unspecified atom stereocenters. The van der Waals surface area contributed by atoms with Crippen LogP contribution in [0.1, 0.15) is 65.0 Å². The number of rotatable bonds is 5. The first-order chi connectivity index (χ1) is 17.1. The average Bonchev–Trinajstić information content (AvgIpc) is 3.52. The average molecular weight is 478 g/mol. The van der Waals surface area contributed by atoms with Crippen LogP contribution in [0.15, 0.2) is 24.3 Å². The Morgan fingerprint density at radius 1 is 1.11 bits per heavy atom. The highest BCUT2D eigenvalue weighted by atomic mass is 16.5. The molecule has 1 atom stereocenters. The van der Waals surface area contributed by atoms with Crippen LogP contribution in [0.5, 0.6) is 0 Å². The first-order valence-electron chi connectivity index (χ1n) is 13.6. The number of carbonyl (C=O) groups excluding carboxylic acids is 1. The lowest BCUT2D eigenvalue weighted by Gasteiger charge is -2.44. The lowest BCUT2D eigenvalue weighted by atomic mass is 9.89. The molecule has 6 rings (SSSR count). The van der Waals surface area contributed by atoms with Gasteiger partial charge in [0.1, 0.15) is 0 Å². The molecule has 1 amide bonds. The minimum absolute atomic E-state index is 0.0950. The summed E-state index contributed by atoms with van der Waals surface area (Å²) in [7, 11) is 2.00. The zero-order chi connectivity index (χ0) is 23.8. The number of nitrogens with zero attached hydrogens (tertiary/aromatic N) is 4. The maximum absolute atomic E-state index is 13.6. The van der Waals surface area contributed by atoms with E-state index in [9.17, 15) is 4.79 Å². The third kappa shape index (κ3) is 4.43. The summed E-state index contributed by atoms with van der Waals surface area (Å²) in [5, 5.41) is 8.72. The highest BCUT2D eigenvalue weighted by molar-refractivity contribution is 5.94. The molecule has 2 aromatic rings. The van der Waals surface area contributed by atoms with Gasteiger partial charge in [0.25, 0.3) is 5.91 Å². The Morgan fingerprint density at radius 2 is 1.89 bits per heavy atom. The predicted molar refractivity (Wildman–Crippen MR) is 136 cm³/mol. The molecule has 0 bridgehead atoms. The van der Waals surface area contributed by atoms with Gasteiger partial charge in [0.2, 0.25) is 0 Å². The van der Waals surface area contributed by atoms with Crippen LogP contribution < -0.4 is 5.32 Å². The quantitative estimate of drug-likeness (QED) is 0.718. The molecule has 1 saturated carbocycles. The van der Waals surface area contributed by atoms with Gasteiger partial charge in [0.05, 0.1) is 13.2 Å². The van der Waals surface area contributed by atoms with Crippen LogP contribution >= 0.6 is 0 Å². The van der Waals surface area contributed by atoms with Crippen molar-refractivity contribution in [1.29, 1.82) is 0 Å². The number of morpholine rings is 1. The summed E-state index contributed by atoms with van der Waals surface area (Å²) in [6, 6.07) is 8.89. The van der Waals surface area contributed by atoms with Crippen LogP contribution in [0.25, 0.3) is 0 Å². The molecule has 2 fully saturated rings. The molecular formula is C28H39N5O2. The van der Waals surface area contributed by atoms with Crippen molar-refractivity contribution in [3.63, 3.8) is 0 Å². The maximum Gasteiger partial charge on any atom is 0.274 e. The molecule has 2 aliphatic heterocycles. The van der Waals surface area contributed by atoms with Crippen LogP contribution in [0, 0.1) is 0 Å². The van der Waals surface area contributed by atoms with Crippen LogP contribution in [-0.4, -0.2) is 76.5 Å². The van der Waals surface area contributed by atoms with Crippen LogP contribution in [-0.2, 0) is 37.6 Å². The van der Waals surface area contributed by atoms with E-state index in [1.807, 2.05) is 16.6 Å². The summed E-state index contributed by atoms with van der Waals surface area (Å²) in [5.41, 5.74) is 6.00. The lowest BCUT2D eigenvalue weighted by Crippen LogP contribution is -2.58. The SMILES string of the molecule is Cn1nc(C(=O)N2CCc3ccccc3C2)c2c1CC[C@@H](NCC1(N3CCOCC3)CCCC1)C2. The minimum atomic E-state index is 0.0950. The summed E-state index contributed by atoms with van der Waals surface area (Å²) in [4.78, 5) is 18.3. The molecule has 3 heterocycles. The fourth-order valence-corrected chi connectivity index (χ4v) is 6.96. The van der Waals surface area contributed by atoms with E-state index in [0.717, 1.165) is 65.1 Å². The van der Waals surface area contributed by atoms with Gasteiger partial charge in [-0.25, -0.2) is 0 Å². The van der Waals surface area contributed by atoms with E-state index in [1.165, 1.54) is 48.1 Å².